The van der Waals surface area contributed by atoms with Gasteiger partial charge in [-0.2, -0.15) is 0 Å². The molecule has 2 rings (SSSR count). The van der Waals surface area contributed by atoms with Gasteiger partial charge in [0.1, 0.15) is 0 Å². The summed E-state index contributed by atoms with van der Waals surface area (Å²) in [4.78, 5) is 14.9. The van der Waals surface area contributed by atoms with Gasteiger partial charge in [0, 0.05) is 17.6 Å². The third kappa shape index (κ3) is 2.16. The molecule has 0 aliphatic rings. The number of non-ortho nitro benzene ring substituents is 1. The smallest absolute Gasteiger partial charge is 0.258 e. The van der Waals surface area contributed by atoms with Gasteiger partial charge in [-0.25, -0.2) is 0 Å². The second kappa shape index (κ2) is 4.90. The van der Waals surface area contributed by atoms with Crippen LogP contribution in [0.25, 0.3) is 10.9 Å². The average Bonchev–Trinajstić information content (AvgIpc) is 2.36. The lowest BCUT2D eigenvalue weighted by Crippen LogP contribution is -2.06. The predicted molar refractivity (Wildman–Crippen MR) is 72.1 cm³/mol. The van der Waals surface area contributed by atoms with Gasteiger partial charge in [0.25, 0.3) is 5.69 Å². The van der Waals surface area contributed by atoms with Gasteiger partial charge in [-0.3, -0.25) is 15.1 Å². The molecule has 0 N–H and O–H groups in total. The highest BCUT2D eigenvalue weighted by molar-refractivity contribution is 6.21. The first-order valence-corrected chi connectivity index (χ1v) is 6.12. The van der Waals surface area contributed by atoms with E-state index < -0.39 is 0 Å². The lowest BCUT2D eigenvalue weighted by atomic mass is 9.95. The highest BCUT2D eigenvalue weighted by Crippen LogP contribution is 2.33. The van der Waals surface area contributed by atoms with Crippen molar-refractivity contribution >= 4 is 28.2 Å². The maximum Gasteiger partial charge on any atom is 0.278 e. The number of halogens is 1. The van der Waals surface area contributed by atoms with E-state index >= 15 is 0 Å². The van der Waals surface area contributed by atoms with Gasteiger partial charge in [-0.15, -0.1) is 11.6 Å². The zero-order valence-electron chi connectivity index (χ0n) is 10.1. The summed E-state index contributed by atoms with van der Waals surface area (Å²) in [5, 5.41) is 11.5. The summed E-state index contributed by atoms with van der Waals surface area (Å²) in [5.74, 6) is 0.0878. The fraction of sp³-hybridized carbons (Fsp3) is 0.308. The molecule has 1 aromatic heterocycles. The van der Waals surface area contributed by atoms with Crippen molar-refractivity contribution in [3.05, 3.63) is 46.1 Å². The maximum atomic E-state index is 11.0. The minimum absolute atomic E-state index is 0.0586. The van der Waals surface area contributed by atoms with Crippen LogP contribution in [0.2, 0.25) is 0 Å². The minimum Gasteiger partial charge on any atom is -0.258 e. The molecule has 0 aliphatic carbocycles. The molecule has 2 aromatic rings. The van der Waals surface area contributed by atoms with E-state index in [-0.39, 0.29) is 21.9 Å². The first-order valence-electron chi connectivity index (χ1n) is 5.68. The Balaban J connectivity index is 2.72. The summed E-state index contributed by atoms with van der Waals surface area (Å²) in [7, 11) is 0. The topological polar surface area (TPSA) is 56.0 Å². The number of nitro groups is 1. The molecule has 1 aromatic carbocycles. The van der Waals surface area contributed by atoms with Crippen molar-refractivity contribution in [3.8, 4) is 0 Å². The second-order valence-corrected chi connectivity index (χ2v) is 4.99. The van der Waals surface area contributed by atoms with Gasteiger partial charge in [-0.05, 0) is 36.6 Å². The number of nitro benzene ring substituents is 1. The standard InChI is InChI=1S/C13H13ClN2O2/c1-8(9(2)14)10-5-6-12(16(17)18)11-4-3-7-15-13(10)11/h3-9H,1-2H3. The summed E-state index contributed by atoms with van der Waals surface area (Å²) in [6, 6.07) is 6.69. The molecule has 0 spiro atoms. The summed E-state index contributed by atoms with van der Waals surface area (Å²) < 4.78 is 0. The number of hydrogen-bond acceptors (Lipinski definition) is 3. The van der Waals surface area contributed by atoms with Gasteiger partial charge < -0.3 is 0 Å². The third-order valence-corrected chi connectivity index (χ3v) is 3.53. The number of pyridine rings is 1. The van der Waals surface area contributed by atoms with E-state index in [2.05, 4.69) is 4.98 Å². The lowest BCUT2D eigenvalue weighted by molar-refractivity contribution is -0.383. The first-order chi connectivity index (χ1) is 8.52. The zero-order valence-corrected chi connectivity index (χ0v) is 10.9. The van der Waals surface area contributed by atoms with Crippen LogP contribution >= 0.6 is 11.6 Å². The largest absolute Gasteiger partial charge is 0.278 e. The Hall–Kier alpha value is -1.68. The molecule has 2 unspecified atom stereocenters. The second-order valence-electron chi connectivity index (χ2n) is 4.30. The summed E-state index contributed by atoms with van der Waals surface area (Å²) in [6.07, 6.45) is 1.64. The SMILES string of the molecule is CC(Cl)C(C)c1ccc([N+](=O)[O-])c2cccnc12. The monoisotopic (exact) mass is 264 g/mol. The van der Waals surface area contributed by atoms with Crippen molar-refractivity contribution in [2.75, 3.05) is 0 Å². The van der Waals surface area contributed by atoms with Crippen LogP contribution < -0.4 is 0 Å². The van der Waals surface area contributed by atoms with Gasteiger partial charge in [0.15, 0.2) is 0 Å². The zero-order chi connectivity index (χ0) is 13.3. The molecule has 0 amide bonds. The fourth-order valence-corrected chi connectivity index (χ4v) is 2.09. The Morgan fingerprint density at radius 3 is 2.67 bits per heavy atom. The quantitative estimate of drug-likeness (QED) is 0.480. The summed E-state index contributed by atoms with van der Waals surface area (Å²) in [5.41, 5.74) is 1.68. The van der Waals surface area contributed by atoms with E-state index in [9.17, 15) is 10.1 Å². The molecular weight excluding hydrogens is 252 g/mol. The number of hydrogen-bond donors (Lipinski definition) is 0. The molecule has 94 valence electrons. The molecule has 4 nitrogen and oxygen atoms in total. The number of alkyl halides is 1. The normalized spacial score (nSPS) is 14.4. The van der Waals surface area contributed by atoms with E-state index in [0.717, 1.165) is 5.56 Å². The molecular formula is C13H13ClN2O2. The molecule has 2 atom stereocenters. The Bertz CT molecular complexity index is 599. The van der Waals surface area contributed by atoms with Crippen molar-refractivity contribution in [1.29, 1.82) is 0 Å². The molecule has 0 saturated heterocycles. The van der Waals surface area contributed by atoms with E-state index in [4.69, 9.17) is 11.6 Å². The lowest BCUT2D eigenvalue weighted by Gasteiger charge is -2.15. The van der Waals surface area contributed by atoms with Crippen LogP contribution in [0.1, 0.15) is 25.3 Å². The van der Waals surface area contributed by atoms with Crippen molar-refractivity contribution in [3.63, 3.8) is 0 Å². The van der Waals surface area contributed by atoms with Crippen molar-refractivity contribution in [2.45, 2.75) is 25.1 Å². The Morgan fingerprint density at radius 2 is 2.06 bits per heavy atom. The molecule has 1 heterocycles. The molecule has 0 bridgehead atoms. The minimum atomic E-state index is -0.386. The van der Waals surface area contributed by atoms with Gasteiger partial charge in [-0.1, -0.05) is 6.92 Å². The summed E-state index contributed by atoms with van der Waals surface area (Å²) in [6.45, 7) is 3.90. The number of aromatic nitrogens is 1. The van der Waals surface area contributed by atoms with E-state index in [0.29, 0.717) is 10.9 Å². The van der Waals surface area contributed by atoms with Crippen LogP contribution in [-0.4, -0.2) is 15.3 Å². The molecule has 0 fully saturated rings. The van der Waals surface area contributed by atoms with Crippen LogP contribution in [-0.2, 0) is 0 Å². The van der Waals surface area contributed by atoms with Crippen molar-refractivity contribution in [1.82, 2.24) is 4.98 Å². The third-order valence-electron chi connectivity index (χ3n) is 3.15. The van der Waals surface area contributed by atoms with E-state index in [1.807, 2.05) is 13.8 Å². The Kier molecular flexibility index (Phi) is 3.48. The number of fused-ring (bicyclic) bond motifs is 1. The highest BCUT2D eigenvalue weighted by Gasteiger charge is 2.20. The van der Waals surface area contributed by atoms with Gasteiger partial charge >= 0.3 is 0 Å². The molecule has 0 radical (unpaired) electrons. The Morgan fingerprint density at radius 1 is 1.33 bits per heavy atom. The predicted octanol–water partition coefficient (Wildman–Crippen LogP) is 3.87. The van der Waals surface area contributed by atoms with Crippen LogP contribution in [0.15, 0.2) is 30.5 Å². The van der Waals surface area contributed by atoms with Crippen LogP contribution in [0.5, 0.6) is 0 Å². The molecule has 5 heteroatoms. The molecule has 0 aliphatic heterocycles. The van der Waals surface area contributed by atoms with Crippen LogP contribution in [0.3, 0.4) is 0 Å². The first kappa shape index (κ1) is 12.8. The fourth-order valence-electron chi connectivity index (χ4n) is 1.95. The molecule has 18 heavy (non-hydrogen) atoms. The number of nitrogens with zero attached hydrogens (tertiary/aromatic N) is 2. The Labute approximate surface area is 110 Å². The van der Waals surface area contributed by atoms with E-state index in [1.54, 1.807) is 24.4 Å². The van der Waals surface area contributed by atoms with Gasteiger partial charge in [0.05, 0.1) is 15.8 Å². The number of benzene rings is 1. The van der Waals surface area contributed by atoms with E-state index in [1.165, 1.54) is 6.07 Å². The van der Waals surface area contributed by atoms with Crippen LogP contribution in [0.4, 0.5) is 5.69 Å². The van der Waals surface area contributed by atoms with Crippen molar-refractivity contribution in [2.24, 2.45) is 0 Å². The van der Waals surface area contributed by atoms with Gasteiger partial charge in [0.2, 0.25) is 0 Å². The maximum absolute atomic E-state index is 11.0. The van der Waals surface area contributed by atoms with Crippen LogP contribution in [0, 0.1) is 10.1 Å². The number of rotatable bonds is 3. The highest BCUT2D eigenvalue weighted by atomic mass is 35.5. The summed E-state index contributed by atoms with van der Waals surface area (Å²) >= 11 is 6.10. The average molecular weight is 265 g/mol. The molecule has 0 saturated carbocycles. The van der Waals surface area contributed by atoms with Crippen molar-refractivity contribution < 1.29 is 4.92 Å².